The van der Waals surface area contributed by atoms with E-state index in [1.807, 2.05) is 12.1 Å². The Morgan fingerprint density at radius 3 is 2.77 bits per heavy atom. The first-order valence-corrected chi connectivity index (χ1v) is 7.73. The van der Waals surface area contributed by atoms with E-state index in [9.17, 15) is 0 Å². The number of benzene rings is 1. The van der Waals surface area contributed by atoms with E-state index in [-0.39, 0.29) is 0 Å². The van der Waals surface area contributed by atoms with Crippen molar-refractivity contribution in [2.75, 3.05) is 27.3 Å². The number of nitrogens with one attached hydrogen (secondary N) is 3. The van der Waals surface area contributed by atoms with Crippen LogP contribution in [0.4, 0.5) is 0 Å². The second-order valence-electron chi connectivity index (χ2n) is 5.69. The smallest absolute Gasteiger partial charge is 0.164 e. The van der Waals surface area contributed by atoms with Crippen LogP contribution in [0.5, 0.6) is 11.5 Å². The summed E-state index contributed by atoms with van der Waals surface area (Å²) in [7, 11) is 3.34. The van der Waals surface area contributed by atoms with Crippen LogP contribution in [0.3, 0.4) is 0 Å². The van der Waals surface area contributed by atoms with Crippen molar-refractivity contribution < 1.29 is 9.47 Å². The van der Waals surface area contributed by atoms with Crippen LogP contribution in [0, 0.1) is 5.92 Å². The minimum Gasteiger partial charge on any atom is -0.493 e. The Morgan fingerprint density at radius 2 is 2.18 bits per heavy atom. The molecule has 1 aliphatic heterocycles. The molecule has 1 fully saturated rings. The van der Waals surface area contributed by atoms with Crippen molar-refractivity contribution in [2.24, 2.45) is 5.92 Å². The molecule has 2 atom stereocenters. The number of hydrogen-bond acceptors (Lipinski definition) is 5. The molecule has 0 radical (unpaired) electrons. The molecule has 5 heteroatoms. The molecule has 5 nitrogen and oxygen atoms in total. The van der Waals surface area contributed by atoms with Crippen molar-refractivity contribution >= 4 is 0 Å². The second kappa shape index (κ2) is 8.17. The molecule has 0 amide bonds. The van der Waals surface area contributed by atoms with Crippen molar-refractivity contribution in [3.63, 3.8) is 0 Å². The molecule has 1 heterocycles. The highest BCUT2D eigenvalue weighted by molar-refractivity contribution is 5.50. The van der Waals surface area contributed by atoms with Crippen molar-refractivity contribution in [1.29, 1.82) is 0 Å². The lowest BCUT2D eigenvalue weighted by molar-refractivity contribution is 0.351. The molecule has 1 aromatic carbocycles. The van der Waals surface area contributed by atoms with Crippen molar-refractivity contribution in [3.05, 3.63) is 35.9 Å². The Kier molecular flexibility index (Phi) is 6.24. The van der Waals surface area contributed by atoms with Gasteiger partial charge in [-0.3, -0.25) is 10.9 Å². The molecular formula is C17H27N3O2. The van der Waals surface area contributed by atoms with E-state index in [1.54, 1.807) is 14.2 Å². The number of rotatable bonds is 8. The third-order valence-corrected chi connectivity index (χ3v) is 4.12. The zero-order chi connectivity index (χ0) is 15.9. The van der Waals surface area contributed by atoms with E-state index in [4.69, 9.17) is 9.47 Å². The van der Waals surface area contributed by atoms with Gasteiger partial charge in [0.2, 0.25) is 0 Å². The molecule has 2 rings (SSSR count). The van der Waals surface area contributed by atoms with Crippen molar-refractivity contribution in [3.8, 4) is 11.5 Å². The zero-order valence-corrected chi connectivity index (χ0v) is 13.7. The highest BCUT2D eigenvalue weighted by Gasteiger charge is 2.21. The first kappa shape index (κ1) is 16.8. The Balaban J connectivity index is 2.03. The Hall–Kier alpha value is -1.56. The summed E-state index contributed by atoms with van der Waals surface area (Å²) in [6.45, 7) is 8.81. The van der Waals surface area contributed by atoms with Gasteiger partial charge in [-0.1, -0.05) is 12.1 Å². The first-order valence-electron chi connectivity index (χ1n) is 7.73. The number of allylic oxidation sites excluding steroid dienone is 1. The van der Waals surface area contributed by atoms with Crippen LogP contribution < -0.4 is 25.6 Å². The third-order valence-electron chi connectivity index (χ3n) is 4.12. The summed E-state index contributed by atoms with van der Waals surface area (Å²) in [5.41, 5.74) is 8.73. The minimum atomic E-state index is 0.495. The highest BCUT2D eigenvalue weighted by atomic mass is 16.5. The molecule has 0 saturated carbocycles. The Morgan fingerprint density at radius 1 is 1.36 bits per heavy atom. The molecule has 122 valence electrons. The van der Waals surface area contributed by atoms with Crippen LogP contribution in [-0.4, -0.2) is 33.4 Å². The van der Waals surface area contributed by atoms with Gasteiger partial charge in [0.25, 0.3) is 0 Å². The summed E-state index contributed by atoms with van der Waals surface area (Å²) in [5.74, 6) is 2.17. The standard InChI is InChI=1S/C17H27N3O2/c1-5-6-14-7-13(8-16(21-3)17(14)22-4)9-18-10-15-11-19-20-12(15)2/h5,7-8,12,15,18-20H,1,6,9-11H2,2-4H3. The van der Waals surface area contributed by atoms with Gasteiger partial charge in [-0.15, -0.1) is 6.58 Å². The van der Waals surface area contributed by atoms with Gasteiger partial charge in [0.15, 0.2) is 11.5 Å². The largest absolute Gasteiger partial charge is 0.493 e. The lowest BCUT2D eigenvalue weighted by Crippen LogP contribution is -2.32. The number of hydrogen-bond donors (Lipinski definition) is 3. The van der Waals surface area contributed by atoms with E-state index < -0.39 is 0 Å². The number of ether oxygens (including phenoxy) is 2. The van der Waals surface area contributed by atoms with Gasteiger partial charge in [-0.25, -0.2) is 0 Å². The van der Waals surface area contributed by atoms with Crippen LogP contribution in [0.25, 0.3) is 0 Å². The quantitative estimate of drug-likeness (QED) is 0.638. The molecule has 0 bridgehead atoms. The summed E-state index contributed by atoms with van der Waals surface area (Å²) >= 11 is 0. The molecule has 0 aliphatic carbocycles. The summed E-state index contributed by atoms with van der Waals surface area (Å²) < 4.78 is 10.9. The zero-order valence-electron chi connectivity index (χ0n) is 13.7. The predicted molar refractivity (Wildman–Crippen MR) is 89.2 cm³/mol. The molecule has 22 heavy (non-hydrogen) atoms. The monoisotopic (exact) mass is 305 g/mol. The molecule has 1 saturated heterocycles. The summed E-state index contributed by atoms with van der Waals surface area (Å²) in [6, 6.07) is 4.69. The maximum Gasteiger partial charge on any atom is 0.164 e. The lowest BCUT2D eigenvalue weighted by Gasteiger charge is -2.17. The Bertz CT molecular complexity index is 505. The normalized spacial score (nSPS) is 20.9. The molecule has 3 N–H and O–H groups in total. The van der Waals surface area contributed by atoms with Gasteiger partial charge in [0.05, 0.1) is 14.2 Å². The molecule has 2 unspecified atom stereocenters. The van der Waals surface area contributed by atoms with Crippen LogP contribution in [0.2, 0.25) is 0 Å². The summed E-state index contributed by atoms with van der Waals surface area (Å²) in [4.78, 5) is 0. The summed E-state index contributed by atoms with van der Waals surface area (Å²) in [5, 5.41) is 3.53. The fraction of sp³-hybridized carbons (Fsp3) is 0.529. The van der Waals surface area contributed by atoms with E-state index >= 15 is 0 Å². The molecule has 1 aromatic rings. The van der Waals surface area contributed by atoms with Gasteiger partial charge in [-0.2, -0.15) is 0 Å². The van der Waals surface area contributed by atoms with Crippen LogP contribution in [0.1, 0.15) is 18.1 Å². The topological polar surface area (TPSA) is 54.5 Å². The first-order chi connectivity index (χ1) is 10.7. The number of methoxy groups -OCH3 is 2. The average Bonchev–Trinajstić information content (AvgIpc) is 2.92. The van der Waals surface area contributed by atoms with Gasteiger partial charge >= 0.3 is 0 Å². The van der Waals surface area contributed by atoms with Crippen LogP contribution in [0.15, 0.2) is 24.8 Å². The molecule has 1 aliphatic rings. The minimum absolute atomic E-state index is 0.495. The van der Waals surface area contributed by atoms with E-state index in [2.05, 4.69) is 35.7 Å². The molecule has 0 aromatic heterocycles. The van der Waals surface area contributed by atoms with Gasteiger partial charge in [0.1, 0.15) is 0 Å². The average molecular weight is 305 g/mol. The van der Waals surface area contributed by atoms with Gasteiger partial charge in [-0.05, 0) is 25.0 Å². The Labute approximate surface area is 133 Å². The maximum absolute atomic E-state index is 5.47. The maximum atomic E-state index is 5.47. The SMILES string of the molecule is C=CCc1cc(CNCC2CNNC2C)cc(OC)c1OC. The van der Waals surface area contributed by atoms with Gasteiger partial charge < -0.3 is 14.8 Å². The van der Waals surface area contributed by atoms with Crippen molar-refractivity contribution in [2.45, 2.75) is 25.9 Å². The molecule has 0 spiro atoms. The van der Waals surface area contributed by atoms with E-state index in [1.165, 1.54) is 5.56 Å². The summed E-state index contributed by atoms with van der Waals surface area (Å²) in [6.07, 6.45) is 2.65. The lowest BCUT2D eigenvalue weighted by atomic mass is 10.0. The number of hydrazine groups is 1. The van der Waals surface area contributed by atoms with Crippen LogP contribution in [-0.2, 0) is 13.0 Å². The second-order valence-corrected chi connectivity index (χ2v) is 5.69. The van der Waals surface area contributed by atoms with E-state index in [0.29, 0.717) is 12.0 Å². The highest BCUT2D eigenvalue weighted by Crippen LogP contribution is 2.33. The van der Waals surface area contributed by atoms with Crippen molar-refractivity contribution in [1.82, 2.24) is 16.2 Å². The molecular weight excluding hydrogens is 278 g/mol. The predicted octanol–water partition coefficient (Wildman–Crippen LogP) is 1.63. The van der Waals surface area contributed by atoms with E-state index in [0.717, 1.165) is 43.1 Å². The van der Waals surface area contributed by atoms with Gasteiger partial charge in [0, 0.05) is 37.2 Å². The third kappa shape index (κ3) is 4.00. The van der Waals surface area contributed by atoms with Crippen LogP contribution >= 0.6 is 0 Å². The fourth-order valence-electron chi connectivity index (χ4n) is 2.81. The fourth-order valence-corrected chi connectivity index (χ4v) is 2.81.